The number of likely N-dealkylation sites (tertiary alicyclic amines) is 1. The fraction of sp³-hybridized carbons (Fsp3) is 0.529. The van der Waals surface area contributed by atoms with Crippen LogP contribution >= 0.6 is 0 Å². The van der Waals surface area contributed by atoms with Gasteiger partial charge in [-0.2, -0.15) is 0 Å². The van der Waals surface area contributed by atoms with Crippen LogP contribution in [-0.4, -0.2) is 41.0 Å². The van der Waals surface area contributed by atoms with E-state index in [9.17, 15) is 14.7 Å². The zero-order chi connectivity index (χ0) is 16.1. The van der Waals surface area contributed by atoms with Gasteiger partial charge in [-0.15, -0.1) is 0 Å². The molecule has 5 heteroatoms. The van der Waals surface area contributed by atoms with Gasteiger partial charge in [0.05, 0.1) is 12.5 Å². The Bertz CT molecular complexity index is 517. The molecule has 0 bridgehead atoms. The summed E-state index contributed by atoms with van der Waals surface area (Å²) in [6.07, 6.45) is 1.40. The van der Waals surface area contributed by atoms with Gasteiger partial charge in [0, 0.05) is 24.7 Å². The number of nitrogens with one attached hydrogen (secondary N) is 1. The highest BCUT2D eigenvalue weighted by atomic mass is 16.3. The molecule has 0 radical (unpaired) electrons. The number of anilines is 1. The molecule has 0 saturated carbocycles. The van der Waals surface area contributed by atoms with Crippen LogP contribution in [0.3, 0.4) is 0 Å². The van der Waals surface area contributed by atoms with Crippen molar-refractivity contribution < 1.29 is 14.7 Å². The number of hydrogen-bond acceptors (Lipinski definition) is 3. The summed E-state index contributed by atoms with van der Waals surface area (Å²) in [5.41, 5.74) is 1.68. The van der Waals surface area contributed by atoms with Crippen molar-refractivity contribution in [1.82, 2.24) is 4.90 Å². The Morgan fingerprint density at radius 1 is 1.23 bits per heavy atom. The first-order valence-electron chi connectivity index (χ1n) is 7.81. The first-order valence-corrected chi connectivity index (χ1v) is 7.81. The maximum atomic E-state index is 12.2. The Labute approximate surface area is 131 Å². The van der Waals surface area contributed by atoms with Crippen molar-refractivity contribution in [3.05, 3.63) is 29.8 Å². The van der Waals surface area contributed by atoms with Crippen LogP contribution in [0.4, 0.5) is 5.69 Å². The minimum absolute atomic E-state index is 0.0179. The SMILES string of the molecule is CC(C)C(=O)Nc1ccc(CC(=O)N2CCC(O)CC2)cc1. The Hall–Kier alpha value is -1.88. The summed E-state index contributed by atoms with van der Waals surface area (Å²) in [6.45, 7) is 4.95. The van der Waals surface area contributed by atoms with Crippen LogP contribution < -0.4 is 5.32 Å². The molecule has 0 unspecified atom stereocenters. The van der Waals surface area contributed by atoms with E-state index in [0.717, 1.165) is 11.3 Å². The first kappa shape index (κ1) is 16.5. The molecule has 1 saturated heterocycles. The molecule has 0 aromatic heterocycles. The van der Waals surface area contributed by atoms with Gasteiger partial charge in [-0.25, -0.2) is 0 Å². The van der Waals surface area contributed by atoms with Gasteiger partial charge in [-0.05, 0) is 30.5 Å². The van der Waals surface area contributed by atoms with E-state index < -0.39 is 0 Å². The molecule has 2 N–H and O–H groups in total. The molecule has 0 spiro atoms. The molecule has 1 aliphatic heterocycles. The molecular formula is C17H24N2O3. The number of rotatable bonds is 4. The lowest BCUT2D eigenvalue weighted by molar-refractivity contribution is -0.132. The fourth-order valence-electron chi connectivity index (χ4n) is 2.39. The van der Waals surface area contributed by atoms with Gasteiger partial charge >= 0.3 is 0 Å². The second kappa shape index (κ2) is 7.40. The standard InChI is InChI=1S/C17H24N2O3/c1-12(2)17(22)18-14-5-3-13(4-6-14)11-16(21)19-9-7-15(20)8-10-19/h3-6,12,15,20H,7-11H2,1-2H3,(H,18,22). The average molecular weight is 304 g/mol. The van der Waals surface area contributed by atoms with E-state index in [0.29, 0.717) is 32.4 Å². The second-order valence-electron chi connectivity index (χ2n) is 6.13. The summed E-state index contributed by atoms with van der Waals surface area (Å²) in [4.78, 5) is 25.6. The molecular weight excluding hydrogens is 280 g/mol. The van der Waals surface area contributed by atoms with Gasteiger partial charge in [0.1, 0.15) is 0 Å². The highest BCUT2D eigenvalue weighted by Crippen LogP contribution is 2.14. The lowest BCUT2D eigenvalue weighted by atomic mass is 10.1. The molecule has 1 aliphatic rings. The van der Waals surface area contributed by atoms with Crippen LogP contribution in [0.5, 0.6) is 0 Å². The number of nitrogens with zero attached hydrogens (tertiary/aromatic N) is 1. The maximum absolute atomic E-state index is 12.2. The van der Waals surface area contributed by atoms with Crippen molar-refractivity contribution in [3.63, 3.8) is 0 Å². The summed E-state index contributed by atoms with van der Waals surface area (Å²) in [5.74, 6) is 0.0114. The molecule has 1 fully saturated rings. The first-order chi connectivity index (χ1) is 10.5. The zero-order valence-corrected chi connectivity index (χ0v) is 13.2. The number of piperidine rings is 1. The molecule has 2 rings (SSSR count). The predicted octanol–water partition coefficient (Wildman–Crippen LogP) is 1.81. The number of hydrogen-bond donors (Lipinski definition) is 2. The predicted molar refractivity (Wildman–Crippen MR) is 85.4 cm³/mol. The Kier molecular flexibility index (Phi) is 5.55. The van der Waals surface area contributed by atoms with Gasteiger partial charge < -0.3 is 15.3 Å². The molecule has 0 atom stereocenters. The molecule has 0 aliphatic carbocycles. The summed E-state index contributed by atoms with van der Waals surface area (Å²) < 4.78 is 0. The largest absolute Gasteiger partial charge is 0.393 e. The lowest BCUT2D eigenvalue weighted by Crippen LogP contribution is -2.40. The lowest BCUT2D eigenvalue weighted by Gasteiger charge is -2.29. The summed E-state index contributed by atoms with van der Waals surface area (Å²) in [7, 11) is 0. The van der Waals surface area contributed by atoms with Crippen LogP contribution in [-0.2, 0) is 16.0 Å². The van der Waals surface area contributed by atoms with Crippen LogP contribution in [0.15, 0.2) is 24.3 Å². The topological polar surface area (TPSA) is 69.6 Å². The van der Waals surface area contributed by atoms with Crippen molar-refractivity contribution >= 4 is 17.5 Å². The highest BCUT2D eigenvalue weighted by molar-refractivity contribution is 5.92. The van der Waals surface area contributed by atoms with Crippen LogP contribution in [0, 0.1) is 5.92 Å². The smallest absolute Gasteiger partial charge is 0.226 e. The number of amides is 2. The van der Waals surface area contributed by atoms with E-state index in [-0.39, 0.29) is 23.8 Å². The number of carbonyl (C=O) groups excluding carboxylic acids is 2. The van der Waals surface area contributed by atoms with Crippen molar-refractivity contribution in [2.45, 2.75) is 39.2 Å². The maximum Gasteiger partial charge on any atom is 0.226 e. The monoisotopic (exact) mass is 304 g/mol. The quantitative estimate of drug-likeness (QED) is 0.891. The molecule has 22 heavy (non-hydrogen) atoms. The number of benzene rings is 1. The summed E-state index contributed by atoms with van der Waals surface area (Å²) in [5, 5.41) is 12.3. The Morgan fingerprint density at radius 2 is 1.82 bits per heavy atom. The van der Waals surface area contributed by atoms with E-state index in [1.165, 1.54) is 0 Å². The van der Waals surface area contributed by atoms with E-state index in [1.54, 1.807) is 4.90 Å². The van der Waals surface area contributed by atoms with Gasteiger partial charge in [-0.1, -0.05) is 26.0 Å². The molecule has 120 valence electrons. The Morgan fingerprint density at radius 3 is 2.36 bits per heavy atom. The van der Waals surface area contributed by atoms with Crippen LogP contribution in [0.1, 0.15) is 32.3 Å². The minimum Gasteiger partial charge on any atom is -0.393 e. The van der Waals surface area contributed by atoms with Gasteiger partial charge in [0.25, 0.3) is 0 Å². The minimum atomic E-state index is -0.270. The highest BCUT2D eigenvalue weighted by Gasteiger charge is 2.21. The number of aliphatic hydroxyl groups is 1. The molecule has 5 nitrogen and oxygen atoms in total. The third-order valence-corrected chi connectivity index (χ3v) is 3.92. The summed E-state index contributed by atoms with van der Waals surface area (Å²) >= 11 is 0. The average Bonchev–Trinajstić information content (AvgIpc) is 2.49. The van der Waals surface area contributed by atoms with E-state index >= 15 is 0 Å². The zero-order valence-electron chi connectivity index (χ0n) is 13.2. The van der Waals surface area contributed by atoms with Gasteiger partial charge in [-0.3, -0.25) is 9.59 Å². The van der Waals surface area contributed by atoms with Gasteiger partial charge in [0.2, 0.25) is 11.8 Å². The fourth-order valence-corrected chi connectivity index (χ4v) is 2.39. The van der Waals surface area contributed by atoms with E-state index in [1.807, 2.05) is 38.1 Å². The number of carbonyl (C=O) groups is 2. The summed E-state index contributed by atoms with van der Waals surface area (Å²) in [6, 6.07) is 7.38. The third kappa shape index (κ3) is 4.56. The number of aliphatic hydroxyl groups excluding tert-OH is 1. The normalized spacial score (nSPS) is 15.9. The van der Waals surface area contributed by atoms with Crippen molar-refractivity contribution in [1.29, 1.82) is 0 Å². The molecule has 1 aromatic carbocycles. The molecule has 1 heterocycles. The van der Waals surface area contributed by atoms with Gasteiger partial charge in [0.15, 0.2) is 0 Å². The van der Waals surface area contributed by atoms with Crippen LogP contribution in [0.25, 0.3) is 0 Å². The van der Waals surface area contributed by atoms with Crippen molar-refractivity contribution in [2.75, 3.05) is 18.4 Å². The Balaban J connectivity index is 1.88. The molecule has 2 amide bonds. The van der Waals surface area contributed by atoms with E-state index in [2.05, 4.69) is 5.32 Å². The van der Waals surface area contributed by atoms with E-state index in [4.69, 9.17) is 0 Å². The molecule has 1 aromatic rings. The van der Waals surface area contributed by atoms with Crippen LogP contribution in [0.2, 0.25) is 0 Å². The third-order valence-electron chi connectivity index (χ3n) is 3.92. The van der Waals surface area contributed by atoms with Crippen molar-refractivity contribution in [3.8, 4) is 0 Å². The van der Waals surface area contributed by atoms with Crippen molar-refractivity contribution in [2.24, 2.45) is 5.92 Å². The second-order valence-corrected chi connectivity index (χ2v) is 6.13.